The van der Waals surface area contributed by atoms with Crippen LogP contribution in [0.5, 0.6) is 5.88 Å². The predicted molar refractivity (Wildman–Crippen MR) is 99.0 cm³/mol. The number of nitrogens with one attached hydrogen (secondary N) is 1. The van der Waals surface area contributed by atoms with E-state index in [-0.39, 0.29) is 18.1 Å². The Morgan fingerprint density at radius 1 is 1.12 bits per heavy atom. The van der Waals surface area contributed by atoms with Crippen LogP contribution < -0.4 is 10.1 Å². The Balaban J connectivity index is 1.83. The molecule has 0 saturated carbocycles. The molecule has 134 valence electrons. The molecule has 0 aliphatic heterocycles. The molecule has 1 aromatic carbocycles. The minimum Gasteiger partial charge on any atom is -0.475 e. The maximum Gasteiger partial charge on any atom is 0.253 e. The lowest BCUT2D eigenvalue weighted by atomic mass is 10.1. The Bertz CT molecular complexity index is 857. The molecule has 0 bridgehead atoms. The minimum absolute atomic E-state index is 0.0352. The van der Waals surface area contributed by atoms with Crippen LogP contribution in [0.15, 0.2) is 61.1 Å². The molecule has 1 amide bonds. The van der Waals surface area contributed by atoms with E-state index in [0.717, 1.165) is 11.4 Å². The van der Waals surface area contributed by atoms with E-state index in [1.165, 1.54) is 6.20 Å². The topological polar surface area (TPSA) is 69.0 Å². The second kappa shape index (κ2) is 7.82. The standard InChI is InChI=1S/C20H22N4O2/c1-14(2)26-17-10-9-16(13-22-17)20(25)23-18(15-7-5-4-6-8-15)19-21-11-12-24(19)3/h4-14,18H,1-3H3,(H,23,25). The molecule has 1 N–H and O–H groups in total. The van der Waals surface area contributed by atoms with E-state index in [2.05, 4.69) is 15.3 Å². The van der Waals surface area contributed by atoms with Gasteiger partial charge in [-0.3, -0.25) is 4.79 Å². The van der Waals surface area contributed by atoms with Crippen molar-refractivity contribution >= 4 is 5.91 Å². The zero-order chi connectivity index (χ0) is 18.5. The number of benzene rings is 1. The number of ether oxygens (including phenoxy) is 1. The molecule has 0 aliphatic carbocycles. The van der Waals surface area contributed by atoms with Crippen molar-refractivity contribution in [3.63, 3.8) is 0 Å². The Hall–Kier alpha value is -3.15. The number of carbonyl (C=O) groups excluding carboxylic acids is 1. The zero-order valence-corrected chi connectivity index (χ0v) is 15.1. The molecule has 0 fully saturated rings. The molecular weight excluding hydrogens is 328 g/mol. The molecule has 3 rings (SSSR count). The van der Waals surface area contributed by atoms with E-state index in [4.69, 9.17) is 4.74 Å². The molecule has 2 aromatic heterocycles. The van der Waals surface area contributed by atoms with Crippen molar-refractivity contribution in [1.29, 1.82) is 0 Å². The third-order valence-electron chi connectivity index (χ3n) is 3.88. The number of hydrogen-bond donors (Lipinski definition) is 1. The number of rotatable bonds is 6. The third-order valence-corrected chi connectivity index (χ3v) is 3.88. The van der Waals surface area contributed by atoms with E-state index >= 15 is 0 Å². The van der Waals surface area contributed by atoms with Crippen LogP contribution in [0.1, 0.15) is 41.6 Å². The van der Waals surface area contributed by atoms with Crippen LogP contribution >= 0.6 is 0 Å². The number of aryl methyl sites for hydroxylation is 1. The molecule has 1 atom stereocenters. The highest BCUT2D eigenvalue weighted by Crippen LogP contribution is 2.21. The average molecular weight is 350 g/mol. The van der Waals surface area contributed by atoms with Crippen LogP contribution in [-0.2, 0) is 7.05 Å². The fraction of sp³-hybridized carbons (Fsp3) is 0.250. The molecule has 0 aliphatic rings. The Morgan fingerprint density at radius 3 is 2.46 bits per heavy atom. The Morgan fingerprint density at radius 2 is 1.88 bits per heavy atom. The van der Waals surface area contributed by atoms with Gasteiger partial charge < -0.3 is 14.6 Å². The van der Waals surface area contributed by atoms with Crippen molar-refractivity contribution in [3.05, 3.63) is 78.0 Å². The summed E-state index contributed by atoms with van der Waals surface area (Å²) in [7, 11) is 1.91. The molecule has 0 spiro atoms. The lowest BCUT2D eigenvalue weighted by molar-refractivity contribution is 0.0940. The highest BCUT2D eigenvalue weighted by molar-refractivity contribution is 5.94. The van der Waals surface area contributed by atoms with Gasteiger partial charge in [0, 0.05) is 31.7 Å². The van der Waals surface area contributed by atoms with Gasteiger partial charge in [-0.1, -0.05) is 30.3 Å². The fourth-order valence-electron chi connectivity index (χ4n) is 2.64. The van der Waals surface area contributed by atoms with E-state index in [9.17, 15) is 4.79 Å². The van der Waals surface area contributed by atoms with Gasteiger partial charge in [-0.25, -0.2) is 9.97 Å². The van der Waals surface area contributed by atoms with Crippen LogP contribution in [-0.4, -0.2) is 26.5 Å². The monoisotopic (exact) mass is 350 g/mol. The second-order valence-electron chi connectivity index (χ2n) is 6.27. The van der Waals surface area contributed by atoms with Gasteiger partial charge in [0.25, 0.3) is 5.91 Å². The average Bonchev–Trinajstić information content (AvgIpc) is 3.06. The van der Waals surface area contributed by atoms with Gasteiger partial charge in [-0.2, -0.15) is 0 Å². The lowest BCUT2D eigenvalue weighted by Gasteiger charge is -2.19. The predicted octanol–water partition coefficient (Wildman–Crippen LogP) is 3.12. The second-order valence-corrected chi connectivity index (χ2v) is 6.27. The summed E-state index contributed by atoms with van der Waals surface area (Å²) in [6.45, 7) is 3.86. The number of nitrogens with zero attached hydrogens (tertiary/aromatic N) is 3. The van der Waals surface area contributed by atoms with Crippen LogP contribution in [0, 0.1) is 0 Å². The van der Waals surface area contributed by atoms with Crippen molar-refractivity contribution in [2.45, 2.75) is 26.0 Å². The van der Waals surface area contributed by atoms with Gasteiger partial charge in [-0.05, 0) is 25.5 Å². The lowest BCUT2D eigenvalue weighted by Crippen LogP contribution is -2.31. The fourth-order valence-corrected chi connectivity index (χ4v) is 2.64. The number of carbonyl (C=O) groups is 1. The molecular formula is C20H22N4O2. The van der Waals surface area contributed by atoms with Gasteiger partial charge in [0.15, 0.2) is 0 Å². The largest absolute Gasteiger partial charge is 0.475 e. The number of amides is 1. The first-order chi connectivity index (χ1) is 12.5. The first kappa shape index (κ1) is 17.7. The number of hydrogen-bond acceptors (Lipinski definition) is 4. The van der Waals surface area contributed by atoms with E-state index in [0.29, 0.717) is 11.4 Å². The van der Waals surface area contributed by atoms with E-state index < -0.39 is 0 Å². The maximum atomic E-state index is 12.7. The first-order valence-corrected chi connectivity index (χ1v) is 8.50. The SMILES string of the molecule is CC(C)Oc1ccc(C(=O)NC(c2ccccc2)c2nccn2C)cn1. The number of aromatic nitrogens is 3. The first-order valence-electron chi connectivity index (χ1n) is 8.50. The summed E-state index contributed by atoms with van der Waals surface area (Å²) in [5.74, 6) is 1.04. The normalized spacial score (nSPS) is 12.0. The molecule has 6 nitrogen and oxygen atoms in total. The van der Waals surface area contributed by atoms with E-state index in [1.54, 1.807) is 18.3 Å². The highest BCUT2D eigenvalue weighted by atomic mass is 16.5. The third kappa shape index (κ3) is 4.08. The van der Waals surface area contributed by atoms with Crippen LogP contribution in [0.4, 0.5) is 0 Å². The quantitative estimate of drug-likeness (QED) is 0.742. The molecule has 0 radical (unpaired) electrons. The van der Waals surface area contributed by atoms with Gasteiger partial charge in [0.05, 0.1) is 11.7 Å². The summed E-state index contributed by atoms with van der Waals surface area (Å²) >= 11 is 0. The summed E-state index contributed by atoms with van der Waals surface area (Å²) in [4.78, 5) is 21.3. The molecule has 6 heteroatoms. The van der Waals surface area contributed by atoms with Crippen molar-refractivity contribution in [1.82, 2.24) is 19.9 Å². The van der Waals surface area contributed by atoms with Gasteiger partial charge in [0.1, 0.15) is 11.9 Å². The Labute approximate surface area is 152 Å². The number of imidazole rings is 1. The Kier molecular flexibility index (Phi) is 5.31. The highest BCUT2D eigenvalue weighted by Gasteiger charge is 2.21. The van der Waals surface area contributed by atoms with Gasteiger partial charge in [-0.15, -0.1) is 0 Å². The van der Waals surface area contributed by atoms with Crippen molar-refractivity contribution < 1.29 is 9.53 Å². The molecule has 1 unspecified atom stereocenters. The maximum absolute atomic E-state index is 12.7. The molecule has 3 aromatic rings. The minimum atomic E-state index is -0.352. The summed E-state index contributed by atoms with van der Waals surface area (Å²) < 4.78 is 7.42. The van der Waals surface area contributed by atoms with Crippen LogP contribution in [0.2, 0.25) is 0 Å². The summed E-state index contributed by atoms with van der Waals surface area (Å²) in [6.07, 6.45) is 5.13. The number of pyridine rings is 1. The smallest absolute Gasteiger partial charge is 0.253 e. The summed E-state index contributed by atoms with van der Waals surface area (Å²) in [5, 5.41) is 3.05. The van der Waals surface area contributed by atoms with Crippen LogP contribution in [0.25, 0.3) is 0 Å². The van der Waals surface area contributed by atoms with Crippen molar-refractivity contribution in [2.24, 2.45) is 7.05 Å². The summed E-state index contributed by atoms with van der Waals surface area (Å²) in [6, 6.07) is 12.8. The molecule has 0 saturated heterocycles. The molecule has 26 heavy (non-hydrogen) atoms. The van der Waals surface area contributed by atoms with Crippen molar-refractivity contribution in [3.8, 4) is 5.88 Å². The summed E-state index contributed by atoms with van der Waals surface area (Å²) in [5.41, 5.74) is 1.43. The van der Waals surface area contributed by atoms with Gasteiger partial charge in [0.2, 0.25) is 5.88 Å². The van der Waals surface area contributed by atoms with E-state index in [1.807, 2.05) is 62.0 Å². The van der Waals surface area contributed by atoms with Crippen molar-refractivity contribution in [2.75, 3.05) is 0 Å². The molecule has 2 heterocycles. The zero-order valence-electron chi connectivity index (χ0n) is 15.1. The van der Waals surface area contributed by atoms with Crippen LogP contribution in [0.3, 0.4) is 0 Å². The van der Waals surface area contributed by atoms with Gasteiger partial charge >= 0.3 is 0 Å².